The van der Waals surface area contributed by atoms with Crippen LogP contribution in [0, 0.1) is 5.82 Å². The van der Waals surface area contributed by atoms with Crippen molar-refractivity contribution in [3.05, 3.63) is 59.4 Å². The Labute approximate surface area is 164 Å². The fourth-order valence-corrected chi connectivity index (χ4v) is 3.29. The second-order valence-corrected chi connectivity index (χ2v) is 6.59. The summed E-state index contributed by atoms with van der Waals surface area (Å²) >= 11 is 0. The van der Waals surface area contributed by atoms with Crippen molar-refractivity contribution in [1.82, 2.24) is 10.6 Å². The number of carbonyl (C=O) groups is 1. The number of ether oxygens (including phenoxy) is 3. The largest absolute Gasteiger partial charge is 0.497 e. The molecule has 2 unspecified atom stereocenters. The highest BCUT2D eigenvalue weighted by atomic mass is 19.1. The molecular formula is C21H25FN2O4. The predicted octanol–water partition coefficient (Wildman–Crippen LogP) is 2.43. The Morgan fingerprint density at radius 3 is 2.86 bits per heavy atom. The van der Waals surface area contributed by atoms with Gasteiger partial charge in [0.1, 0.15) is 17.3 Å². The fraction of sp³-hybridized carbons (Fsp3) is 0.381. The number of halogens is 1. The second kappa shape index (κ2) is 9.52. The molecule has 2 atom stereocenters. The lowest BCUT2D eigenvalue weighted by atomic mass is 9.96. The Morgan fingerprint density at radius 2 is 2.14 bits per heavy atom. The normalized spacial score (nSPS) is 17.6. The van der Waals surface area contributed by atoms with Crippen molar-refractivity contribution in [2.24, 2.45) is 0 Å². The third-order valence-electron chi connectivity index (χ3n) is 4.67. The highest BCUT2D eigenvalue weighted by Gasteiger charge is 2.24. The number of methoxy groups -OCH3 is 2. The summed E-state index contributed by atoms with van der Waals surface area (Å²) in [6.07, 6.45) is 0.262. The van der Waals surface area contributed by atoms with Gasteiger partial charge >= 0.3 is 0 Å². The molecule has 1 aliphatic rings. The molecule has 3 rings (SSSR count). The van der Waals surface area contributed by atoms with Gasteiger partial charge in [-0.25, -0.2) is 4.39 Å². The van der Waals surface area contributed by atoms with Crippen molar-refractivity contribution in [2.45, 2.75) is 18.5 Å². The molecule has 0 aliphatic carbocycles. The van der Waals surface area contributed by atoms with E-state index in [1.807, 2.05) is 24.3 Å². The minimum atomic E-state index is -0.585. The first kappa shape index (κ1) is 20.1. The first-order chi connectivity index (χ1) is 13.6. The molecule has 1 fully saturated rings. The molecule has 2 aromatic carbocycles. The van der Waals surface area contributed by atoms with Crippen molar-refractivity contribution >= 4 is 5.91 Å². The van der Waals surface area contributed by atoms with Gasteiger partial charge in [-0.3, -0.25) is 4.79 Å². The third kappa shape index (κ3) is 4.99. The van der Waals surface area contributed by atoms with E-state index in [-0.39, 0.29) is 18.4 Å². The summed E-state index contributed by atoms with van der Waals surface area (Å²) in [7, 11) is 3.09. The summed E-state index contributed by atoms with van der Waals surface area (Å²) < 4.78 is 30.1. The van der Waals surface area contributed by atoms with Crippen LogP contribution in [-0.2, 0) is 9.53 Å². The van der Waals surface area contributed by atoms with Crippen LogP contribution in [0.4, 0.5) is 4.39 Å². The number of benzene rings is 2. The molecule has 28 heavy (non-hydrogen) atoms. The van der Waals surface area contributed by atoms with Crippen LogP contribution >= 0.6 is 0 Å². The van der Waals surface area contributed by atoms with E-state index in [2.05, 4.69) is 10.6 Å². The topological polar surface area (TPSA) is 68.8 Å². The molecule has 0 bridgehead atoms. The zero-order chi connectivity index (χ0) is 19.9. The summed E-state index contributed by atoms with van der Waals surface area (Å²) in [5.74, 6) is 0.575. The minimum absolute atomic E-state index is 0.0471. The van der Waals surface area contributed by atoms with Crippen LogP contribution < -0.4 is 20.1 Å². The number of nitrogens with one attached hydrogen (secondary N) is 2. The Bertz CT molecular complexity index is 809. The van der Waals surface area contributed by atoms with Gasteiger partial charge in [0.2, 0.25) is 5.91 Å². The van der Waals surface area contributed by atoms with Crippen molar-refractivity contribution in [3.63, 3.8) is 0 Å². The van der Waals surface area contributed by atoms with Gasteiger partial charge in [-0.15, -0.1) is 0 Å². The number of rotatable bonds is 7. The first-order valence-electron chi connectivity index (χ1n) is 9.18. The summed E-state index contributed by atoms with van der Waals surface area (Å²) in [4.78, 5) is 12.7. The number of amides is 1. The Balaban J connectivity index is 1.90. The smallest absolute Gasteiger partial charge is 0.222 e. The fourth-order valence-electron chi connectivity index (χ4n) is 3.29. The molecular weight excluding hydrogens is 363 g/mol. The van der Waals surface area contributed by atoms with E-state index in [9.17, 15) is 9.18 Å². The Hall–Kier alpha value is -2.64. The maximum atomic E-state index is 14.0. The van der Waals surface area contributed by atoms with Crippen LogP contribution in [0.15, 0.2) is 42.5 Å². The van der Waals surface area contributed by atoms with E-state index in [0.29, 0.717) is 30.3 Å². The number of carbonyl (C=O) groups excluding carboxylic acids is 1. The summed E-state index contributed by atoms with van der Waals surface area (Å²) in [6, 6.07) is 11.0. The lowest BCUT2D eigenvalue weighted by Gasteiger charge is -2.26. The van der Waals surface area contributed by atoms with Crippen LogP contribution in [0.1, 0.15) is 23.6 Å². The zero-order valence-corrected chi connectivity index (χ0v) is 16.0. The maximum Gasteiger partial charge on any atom is 0.222 e. The highest BCUT2D eigenvalue weighted by molar-refractivity contribution is 5.78. The number of hydrogen-bond donors (Lipinski definition) is 2. The van der Waals surface area contributed by atoms with Gasteiger partial charge in [0.15, 0.2) is 0 Å². The van der Waals surface area contributed by atoms with E-state index in [0.717, 1.165) is 12.1 Å². The standard InChI is InChI=1S/C21H25FN2O4/c1-26-17-5-3-4-14(10-17)21(18-11-15(22)6-7-19(18)27-2)24-20(25)12-16-13-28-9-8-23-16/h3-7,10-11,16,21,23H,8-9,12-13H2,1-2H3,(H,24,25). The average Bonchev–Trinajstić information content (AvgIpc) is 2.72. The molecule has 0 spiro atoms. The van der Waals surface area contributed by atoms with Gasteiger partial charge < -0.3 is 24.8 Å². The van der Waals surface area contributed by atoms with Crippen molar-refractivity contribution < 1.29 is 23.4 Å². The summed E-state index contributed by atoms with van der Waals surface area (Å²) in [5, 5.41) is 6.28. The molecule has 6 nitrogen and oxygen atoms in total. The maximum absolute atomic E-state index is 14.0. The van der Waals surface area contributed by atoms with Crippen LogP contribution in [-0.4, -0.2) is 45.9 Å². The van der Waals surface area contributed by atoms with Crippen molar-refractivity contribution in [2.75, 3.05) is 34.0 Å². The van der Waals surface area contributed by atoms with E-state index in [1.165, 1.54) is 19.2 Å². The van der Waals surface area contributed by atoms with E-state index in [1.54, 1.807) is 13.2 Å². The molecule has 7 heteroatoms. The highest BCUT2D eigenvalue weighted by Crippen LogP contribution is 2.32. The Morgan fingerprint density at radius 1 is 1.29 bits per heavy atom. The van der Waals surface area contributed by atoms with E-state index in [4.69, 9.17) is 14.2 Å². The molecule has 1 amide bonds. The lowest BCUT2D eigenvalue weighted by Crippen LogP contribution is -2.44. The van der Waals surface area contributed by atoms with Gasteiger partial charge in [0, 0.05) is 24.6 Å². The van der Waals surface area contributed by atoms with Gasteiger partial charge in [-0.2, -0.15) is 0 Å². The summed E-state index contributed by atoms with van der Waals surface area (Å²) in [6.45, 7) is 1.85. The van der Waals surface area contributed by atoms with Gasteiger partial charge in [-0.05, 0) is 35.9 Å². The zero-order valence-electron chi connectivity index (χ0n) is 16.0. The molecule has 2 aromatic rings. The van der Waals surface area contributed by atoms with Gasteiger partial charge in [0.25, 0.3) is 0 Å². The van der Waals surface area contributed by atoms with Crippen molar-refractivity contribution in [1.29, 1.82) is 0 Å². The molecule has 2 N–H and O–H groups in total. The monoisotopic (exact) mass is 388 g/mol. The molecule has 0 radical (unpaired) electrons. The summed E-state index contributed by atoms with van der Waals surface area (Å²) in [5.41, 5.74) is 1.31. The van der Waals surface area contributed by atoms with Crippen molar-refractivity contribution in [3.8, 4) is 11.5 Å². The first-order valence-corrected chi connectivity index (χ1v) is 9.18. The molecule has 1 aliphatic heterocycles. The molecule has 150 valence electrons. The van der Waals surface area contributed by atoms with Crippen LogP contribution in [0.3, 0.4) is 0 Å². The third-order valence-corrected chi connectivity index (χ3v) is 4.67. The molecule has 1 saturated heterocycles. The number of hydrogen-bond acceptors (Lipinski definition) is 5. The minimum Gasteiger partial charge on any atom is -0.497 e. The molecule has 0 saturated carbocycles. The molecule has 1 heterocycles. The van der Waals surface area contributed by atoms with Crippen LogP contribution in [0.2, 0.25) is 0 Å². The van der Waals surface area contributed by atoms with Gasteiger partial charge in [0.05, 0.1) is 33.5 Å². The second-order valence-electron chi connectivity index (χ2n) is 6.59. The van der Waals surface area contributed by atoms with E-state index >= 15 is 0 Å². The predicted molar refractivity (Wildman–Crippen MR) is 103 cm³/mol. The molecule has 0 aromatic heterocycles. The number of morpholine rings is 1. The van der Waals surface area contributed by atoms with Crippen LogP contribution in [0.25, 0.3) is 0 Å². The van der Waals surface area contributed by atoms with Gasteiger partial charge in [-0.1, -0.05) is 12.1 Å². The SMILES string of the molecule is COc1cccc(C(NC(=O)CC2COCCN2)c2cc(F)ccc2OC)c1. The van der Waals surface area contributed by atoms with Crippen LogP contribution in [0.5, 0.6) is 11.5 Å². The van der Waals surface area contributed by atoms with E-state index < -0.39 is 11.9 Å². The lowest BCUT2D eigenvalue weighted by molar-refractivity contribution is -0.122. The quantitative estimate of drug-likeness (QED) is 0.763. The average molecular weight is 388 g/mol. The Kier molecular flexibility index (Phi) is 6.84.